The van der Waals surface area contributed by atoms with E-state index in [4.69, 9.17) is 4.65 Å². The van der Waals surface area contributed by atoms with Gasteiger partial charge >= 0.3 is 7.62 Å². The molecule has 0 aromatic carbocycles. The lowest BCUT2D eigenvalue weighted by Crippen LogP contribution is -2.40. The lowest BCUT2D eigenvalue weighted by Gasteiger charge is -2.38. The third kappa shape index (κ3) is 0.711. The Morgan fingerprint density at radius 1 is 1.38 bits per heavy atom. The summed E-state index contributed by atoms with van der Waals surface area (Å²) in [6.07, 6.45) is 3.14. The molecule has 0 unspecified atom stereocenters. The Hall–Kier alpha value is -0.0151. The van der Waals surface area contributed by atoms with Crippen LogP contribution in [-0.2, 0) is 4.65 Å². The van der Waals surface area contributed by atoms with E-state index in [0.717, 1.165) is 5.92 Å². The maximum atomic E-state index is 5.71. The van der Waals surface area contributed by atoms with Crippen molar-refractivity contribution in [2.45, 2.75) is 45.8 Å². The van der Waals surface area contributed by atoms with Gasteiger partial charge in [0.2, 0.25) is 0 Å². The maximum absolute atomic E-state index is 5.71. The van der Waals surface area contributed by atoms with E-state index in [1.807, 2.05) is 0 Å². The fraction of sp³-hybridized carbons (Fsp3) is 1.00. The summed E-state index contributed by atoms with van der Waals surface area (Å²) >= 11 is 0. The molecular weight excluding hydrogens is 161 g/mol. The van der Waals surface area contributed by atoms with Gasteiger partial charge in [-0.05, 0) is 29.6 Å². The molecule has 0 amide bonds. The summed E-state index contributed by atoms with van der Waals surface area (Å²) in [7, 11) is 1.81. The van der Waals surface area contributed by atoms with Gasteiger partial charge < -0.3 is 9.88 Å². The lowest BCUT2D eigenvalue weighted by molar-refractivity contribution is 0.0388. The molecule has 2 nitrogen and oxygen atoms in total. The first kappa shape index (κ1) is 8.31. The Balaban J connectivity index is 2.07. The minimum atomic E-state index is 0.391. The molecule has 0 aromatic rings. The predicted molar refractivity (Wildman–Crippen MR) is 52.2 cm³/mol. The zero-order valence-corrected chi connectivity index (χ0v) is 8.63. The minimum absolute atomic E-state index is 0.391. The molecule has 2 aliphatic carbocycles. The minimum Gasteiger partial charge on any atom is -0.419 e. The predicted octanol–water partition coefficient (Wildman–Crippen LogP) is 1.33. The van der Waals surface area contributed by atoms with Crippen molar-refractivity contribution in [3.8, 4) is 0 Å². The first-order valence-corrected chi connectivity index (χ1v) is 5.30. The molecule has 1 saturated heterocycles. The van der Waals surface area contributed by atoms with Gasteiger partial charge in [0.1, 0.15) is 0 Å². The zero-order valence-electron chi connectivity index (χ0n) is 8.63. The Bertz CT molecular complexity index is 253. The van der Waals surface area contributed by atoms with Crippen LogP contribution in [0.4, 0.5) is 0 Å². The van der Waals surface area contributed by atoms with Crippen molar-refractivity contribution in [3.63, 3.8) is 0 Å². The highest BCUT2D eigenvalue weighted by molar-refractivity contribution is 6.25. The van der Waals surface area contributed by atoms with Crippen LogP contribution in [-0.4, -0.2) is 19.8 Å². The van der Waals surface area contributed by atoms with Crippen molar-refractivity contribution in [1.82, 2.24) is 5.23 Å². The van der Waals surface area contributed by atoms with Crippen molar-refractivity contribution in [1.29, 1.82) is 0 Å². The highest BCUT2D eigenvalue weighted by atomic mass is 16.5. The molecule has 1 aliphatic heterocycles. The Morgan fingerprint density at radius 2 is 2.15 bits per heavy atom. The maximum Gasteiger partial charge on any atom is 0.396 e. The van der Waals surface area contributed by atoms with E-state index in [0.29, 0.717) is 23.0 Å². The van der Waals surface area contributed by atoms with Gasteiger partial charge in [-0.3, -0.25) is 0 Å². The van der Waals surface area contributed by atoms with Gasteiger partial charge in [0.05, 0.1) is 6.10 Å². The molecule has 3 fully saturated rings. The van der Waals surface area contributed by atoms with Crippen LogP contribution in [0, 0.1) is 16.7 Å². The second-order valence-corrected chi connectivity index (χ2v) is 5.65. The summed E-state index contributed by atoms with van der Waals surface area (Å²) in [6, 6.07) is 0.591. The standard InChI is InChI=1S/C10H17BNO/c1-9(2)6-4-5-10(9,3)8-7(6)12-11-13-8/h6-8,12H,4-5H2,1-3H3/t6-,7-,8-,10+/m0/s1. The normalized spacial score (nSPS) is 56.4. The molecule has 1 heterocycles. The molecule has 4 atom stereocenters. The van der Waals surface area contributed by atoms with Crippen molar-refractivity contribution >= 4 is 7.62 Å². The summed E-state index contributed by atoms with van der Waals surface area (Å²) in [4.78, 5) is 0. The zero-order chi connectivity index (χ0) is 9.27. The molecule has 3 aliphatic rings. The number of hydrogen-bond acceptors (Lipinski definition) is 2. The van der Waals surface area contributed by atoms with Gasteiger partial charge in [-0.25, -0.2) is 0 Å². The van der Waals surface area contributed by atoms with Crippen molar-refractivity contribution in [3.05, 3.63) is 0 Å². The van der Waals surface area contributed by atoms with Crippen LogP contribution >= 0.6 is 0 Å². The average molecular weight is 178 g/mol. The highest BCUT2D eigenvalue weighted by Gasteiger charge is 2.67. The molecule has 71 valence electrons. The number of fused-ring (bicyclic) bond motifs is 5. The van der Waals surface area contributed by atoms with Gasteiger partial charge in [-0.1, -0.05) is 20.8 Å². The Kier molecular flexibility index (Phi) is 1.37. The van der Waals surface area contributed by atoms with Crippen LogP contribution in [0.2, 0.25) is 0 Å². The second kappa shape index (κ2) is 2.14. The van der Waals surface area contributed by atoms with Crippen LogP contribution < -0.4 is 5.23 Å². The molecule has 0 spiro atoms. The number of nitrogens with one attached hydrogen (secondary N) is 1. The monoisotopic (exact) mass is 178 g/mol. The molecule has 1 radical (unpaired) electrons. The van der Waals surface area contributed by atoms with Crippen molar-refractivity contribution in [2.75, 3.05) is 0 Å². The van der Waals surface area contributed by atoms with E-state index < -0.39 is 0 Å². The van der Waals surface area contributed by atoms with Crippen molar-refractivity contribution < 1.29 is 4.65 Å². The quantitative estimate of drug-likeness (QED) is 0.565. The molecule has 3 heteroatoms. The molecule has 2 saturated carbocycles. The van der Waals surface area contributed by atoms with E-state index >= 15 is 0 Å². The van der Waals surface area contributed by atoms with Crippen LogP contribution in [0.3, 0.4) is 0 Å². The summed E-state index contributed by atoms with van der Waals surface area (Å²) < 4.78 is 5.71. The lowest BCUT2D eigenvalue weighted by atomic mass is 9.70. The molecule has 1 N–H and O–H groups in total. The Labute approximate surface area is 80.7 Å². The highest BCUT2D eigenvalue weighted by Crippen LogP contribution is 2.66. The molecule has 0 aromatic heterocycles. The molecule has 2 bridgehead atoms. The summed E-state index contributed by atoms with van der Waals surface area (Å²) in [5.41, 5.74) is 0.839. The number of rotatable bonds is 0. The van der Waals surface area contributed by atoms with E-state index in [1.54, 1.807) is 7.62 Å². The van der Waals surface area contributed by atoms with Crippen LogP contribution in [0.1, 0.15) is 33.6 Å². The number of hydrogen-bond donors (Lipinski definition) is 1. The van der Waals surface area contributed by atoms with E-state index in [1.165, 1.54) is 12.8 Å². The smallest absolute Gasteiger partial charge is 0.396 e. The molecule has 13 heavy (non-hydrogen) atoms. The molecular formula is C10H17BNO. The second-order valence-electron chi connectivity index (χ2n) is 5.65. The van der Waals surface area contributed by atoms with Gasteiger partial charge in [0, 0.05) is 6.04 Å². The van der Waals surface area contributed by atoms with Crippen LogP contribution in [0.5, 0.6) is 0 Å². The summed E-state index contributed by atoms with van der Waals surface area (Å²) in [5, 5.41) is 3.38. The fourth-order valence-corrected chi connectivity index (χ4v) is 3.94. The van der Waals surface area contributed by atoms with Crippen molar-refractivity contribution in [2.24, 2.45) is 16.7 Å². The van der Waals surface area contributed by atoms with Gasteiger partial charge in [0.25, 0.3) is 0 Å². The first-order chi connectivity index (χ1) is 6.07. The molecule has 3 rings (SSSR count). The fourth-order valence-electron chi connectivity index (χ4n) is 3.94. The van der Waals surface area contributed by atoms with Gasteiger partial charge in [-0.2, -0.15) is 0 Å². The SMILES string of the molecule is CC1(C)[C@H]2CC[C@]1(C)[C@H]1O[B]N[C@@H]21. The van der Waals surface area contributed by atoms with Crippen LogP contribution in [0.15, 0.2) is 0 Å². The summed E-state index contributed by atoms with van der Waals surface area (Å²) in [5.74, 6) is 0.807. The average Bonchev–Trinajstić information content (AvgIpc) is 2.63. The van der Waals surface area contributed by atoms with E-state index in [9.17, 15) is 0 Å². The Morgan fingerprint density at radius 3 is 2.85 bits per heavy atom. The van der Waals surface area contributed by atoms with E-state index in [2.05, 4.69) is 26.0 Å². The first-order valence-electron chi connectivity index (χ1n) is 5.30. The third-order valence-electron chi connectivity index (χ3n) is 5.24. The largest absolute Gasteiger partial charge is 0.419 e. The van der Waals surface area contributed by atoms with Gasteiger partial charge in [0.15, 0.2) is 0 Å². The van der Waals surface area contributed by atoms with E-state index in [-0.39, 0.29) is 0 Å². The topological polar surface area (TPSA) is 21.3 Å². The van der Waals surface area contributed by atoms with Crippen LogP contribution in [0.25, 0.3) is 0 Å². The third-order valence-corrected chi connectivity index (χ3v) is 5.24. The van der Waals surface area contributed by atoms with Gasteiger partial charge in [-0.15, -0.1) is 0 Å². The summed E-state index contributed by atoms with van der Waals surface area (Å²) in [6.45, 7) is 7.22.